The summed E-state index contributed by atoms with van der Waals surface area (Å²) in [5.74, 6) is -2.09. The predicted molar refractivity (Wildman–Crippen MR) is 116 cm³/mol. The molecule has 1 aliphatic carbocycles. The Morgan fingerprint density at radius 1 is 0.938 bits per heavy atom. The summed E-state index contributed by atoms with van der Waals surface area (Å²) in [6, 6.07) is 7.71. The second kappa shape index (κ2) is 7.76. The fraction of sp³-hybridized carbons (Fsp3) is 0.217. The molecule has 3 aromatic rings. The summed E-state index contributed by atoms with van der Waals surface area (Å²) < 4.78 is 10.6. The lowest BCUT2D eigenvalue weighted by atomic mass is 10.0. The molecule has 32 heavy (non-hydrogen) atoms. The van der Waals surface area contributed by atoms with Crippen LogP contribution < -0.4 is 5.63 Å². The number of benzene rings is 2. The molecular weight excluding hydrogens is 457 g/mol. The van der Waals surface area contributed by atoms with Crippen molar-refractivity contribution in [2.75, 3.05) is 6.54 Å². The van der Waals surface area contributed by atoms with Gasteiger partial charge < -0.3 is 9.15 Å². The second-order valence-electron chi connectivity index (χ2n) is 7.73. The van der Waals surface area contributed by atoms with Gasteiger partial charge in [0.15, 0.2) is 0 Å². The Balaban J connectivity index is 1.34. The van der Waals surface area contributed by atoms with Gasteiger partial charge in [-0.3, -0.25) is 19.3 Å². The van der Waals surface area contributed by atoms with Crippen molar-refractivity contribution in [2.45, 2.75) is 25.9 Å². The third kappa shape index (κ3) is 3.47. The first-order chi connectivity index (χ1) is 15.3. The Morgan fingerprint density at radius 2 is 1.56 bits per heavy atom. The number of carbonyl (C=O) groups is 3. The van der Waals surface area contributed by atoms with E-state index in [1.54, 1.807) is 0 Å². The fourth-order valence-electron chi connectivity index (χ4n) is 4.17. The summed E-state index contributed by atoms with van der Waals surface area (Å²) in [4.78, 5) is 50.3. The number of imide groups is 1. The topological polar surface area (TPSA) is 93.9 Å². The van der Waals surface area contributed by atoms with E-state index in [-0.39, 0.29) is 27.8 Å². The van der Waals surface area contributed by atoms with Crippen molar-refractivity contribution in [1.82, 2.24) is 4.90 Å². The zero-order valence-corrected chi connectivity index (χ0v) is 18.1. The van der Waals surface area contributed by atoms with Crippen LogP contribution in [-0.4, -0.2) is 29.2 Å². The maximum Gasteiger partial charge on any atom is 0.336 e. The number of ether oxygens (including phenoxy) is 1. The van der Waals surface area contributed by atoms with Gasteiger partial charge >= 0.3 is 11.6 Å². The van der Waals surface area contributed by atoms with Gasteiger partial charge in [-0.15, -0.1) is 0 Å². The molecule has 0 spiro atoms. The van der Waals surface area contributed by atoms with E-state index in [4.69, 9.17) is 32.4 Å². The molecule has 1 aromatic heterocycles. The minimum absolute atomic E-state index is 0.0812. The van der Waals surface area contributed by atoms with Gasteiger partial charge in [0.25, 0.3) is 11.8 Å². The third-order valence-electron chi connectivity index (χ3n) is 5.73. The van der Waals surface area contributed by atoms with Gasteiger partial charge in [0.2, 0.25) is 0 Å². The molecule has 0 saturated heterocycles. The number of rotatable bonds is 4. The Labute approximate surface area is 191 Å². The Hall–Kier alpha value is -3.16. The molecule has 7 nitrogen and oxygen atoms in total. The van der Waals surface area contributed by atoms with Crippen LogP contribution in [0.4, 0.5) is 0 Å². The third-order valence-corrected chi connectivity index (χ3v) is 6.45. The number of amides is 2. The lowest BCUT2D eigenvalue weighted by Crippen LogP contribution is -2.35. The standard InChI is InChI=1S/C23H15Cl2NO6/c24-17-7-15-16(8-18(17)25)23(30)26(22(15)29)9-21(28)31-10-13-6-20(27)32-19-5-12-3-1-2-11(12)4-14(13)19/h4-8H,1-3,9-10H2. The number of halogens is 2. The van der Waals surface area contributed by atoms with E-state index < -0.39 is 30.0 Å². The van der Waals surface area contributed by atoms with Gasteiger partial charge in [0.05, 0.1) is 21.2 Å². The lowest BCUT2D eigenvalue weighted by Gasteiger charge is -2.13. The first-order valence-corrected chi connectivity index (χ1v) is 10.7. The maximum atomic E-state index is 12.6. The molecule has 2 amide bonds. The molecule has 0 atom stereocenters. The SMILES string of the molecule is O=C(CN1C(=O)c2cc(Cl)c(Cl)cc2C1=O)OCc1cc(=O)oc2cc3c(cc12)CCC3. The zero-order chi connectivity index (χ0) is 22.6. The van der Waals surface area contributed by atoms with E-state index in [0.717, 1.165) is 29.7 Å². The van der Waals surface area contributed by atoms with Crippen molar-refractivity contribution in [3.63, 3.8) is 0 Å². The molecule has 0 saturated carbocycles. The lowest BCUT2D eigenvalue weighted by molar-refractivity contribution is -0.145. The molecular formula is C23H15Cl2NO6. The summed E-state index contributed by atoms with van der Waals surface area (Å²) >= 11 is 11.9. The molecule has 0 unspecified atom stereocenters. The number of esters is 1. The molecule has 0 radical (unpaired) electrons. The fourth-order valence-corrected chi connectivity index (χ4v) is 4.50. The van der Waals surface area contributed by atoms with Crippen LogP contribution in [0.5, 0.6) is 0 Å². The van der Waals surface area contributed by atoms with Crippen molar-refractivity contribution in [1.29, 1.82) is 0 Å². The van der Waals surface area contributed by atoms with Gasteiger partial charge in [0, 0.05) is 17.0 Å². The Kier molecular flexibility index (Phi) is 5.03. The molecule has 1 aliphatic heterocycles. The van der Waals surface area contributed by atoms with Gasteiger partial charge in [0.1, 0.15) is 18.7 Å². The van der Waals surface area contributed by atoms with Crippen LogP contribution >= 0.6 is 23.2 Å². The number of carbonyl (C=O) groups excluding carboxylic acids is 3. The molecule has 2 heterocycles. The summed E-state index contributed by atoms with van der Waals surface area (Å²) in [6.45, 7) is -0.767. The van der Waals surface area contributed by atoms with Crippen LogP contribution in [-0.2, 0) is 29.0 Å². The van der Waals surface area contributed by atoms with Crippen LogP contribution in [0.2, 0.25) is 10.0 Å². The van der Waals surface area contributed by atoms with Crippen molar-refractivity contribution >= 4 is 52.0 Å². The molecule has 162 valence electrons. The van der Waals surface area contributed by atoms with Crippen LogP contribution in [0.15, 0.2) is 39.5 Å². The van der Waals surface area contributed by atoms with E-state index in [1.807, 2.05) is 12.1 Å². The average Bonchev–Trinajstić information content (AvgIpc) is 3.29. The van der Waals surface area contributed by atoms with E-state index in [0.29, 0.717) is 16.5 Å². The normalized spacial score (nSPS) is 14.8. The van der Waals surface area contributed by atoms with Gasteiger partial charge in [-0.2, -0.15) is 0 Å². The quantitative estimate of drug-likeness (QED) is 0.325. The van der Waals surface area contributed by atoms with E-state index in [1.165, 1.54) is 23.8 Å². The highest BCUT2D eigenvalue weighted by atomic mass is 35.5. The number of hydrogen-bond donors (Lipinski definition) is 0. The summed E-state index contributed by atoms with van der Waals surface area (Å²) in [5, 5.41) is 0.970. The van der Waals surface area contributed by atoms with Crippen LogP contribution in [0.1, 0.15) is 43.8 Å². The van der Waals surface area contributed by atoms with Crippen molar-refractivity contribution < 1.29 is 23.5 Å². The van der Waals surface area contributed by atoms with Gasteiger partial charge in [-0.05, 0) is 54.7 Å². The molecule has 2 aliphatic rings. The largest absolute Gasteiger partial charge is 0.459 e. The highest BCUT2D eigenvalue weighted by molar-refractivity contribution is 6.43. The van der Waals surface area contributed by atoms with E-state index >= 15 is 0 Å². The van der Waals surface area contributed by atoms with E-state index in [9.17, 15) is 19.2 Å². The molecule has 0 fully saturated rings. The van der Waals surface area contributed by atoms with E-state index in [2.05, 4.69) is 0 Å². The van der Waals surface area contributed by atoms with Crippen molar-refractivity contribution in [3.8, 4) is 0 Å². The molecule has 2 aromatic carbocycles. The Bertz CT molecular complexity index is 1350. The average molecular weight is 472 g/mol. The number of hydrogen-bond acceptors (Lipinski definition) is 6. The molecule has 0 bridgehead atoms. The molecule has 0 N–H and O–H groups in total. The maximum absolute atomic E-state index is 12.6. The summed E-state index contributed by atoms with van der Waals surface area (Å²) in [5.41, 5.74) is 2.90. The molecule has 5 rings (SSSR count). The number of aryl methyl sites for hydroxylation is 2. The number of nitrogens with zero attached hydrogens (tertiary/aromatic N) is 1. The highest BCUT2D eigenvalue weighted by Gasteiger charge is 2.37. The summed E-state index contributed by atoms with van der Waals surface area (Å²) in [6.07, 6.45) is 2.92. The second-order valence-corrected chi connectivity index (χ2v) is 8.54. The monoisotopic (exact) mass is 471 g/mol. The van der Waals surface area contributed by atoms with Crippen LogP contribution in [0.3, 0.4) is 0 Å². The minimum atomic E-state index is -0.792. The summed E-state index contributed by atoms with van der Waals surface area (Å²) in [7, 11) is 0. The molecule has 9 heteroatoms. The minimum Gasteiger partial charge on any atom is -0.459 e. The highest BCUT2D eigenvalue weighted by Crippen LogP contribution is 2.32. The number of fused-ring (bicyclic) bond motifs is 3. The van der Waals surface area contributed by atoms with Gasteiger partial charge in [-0.25, -0.2) is 4.79 Å². The Morgan fingerprint density at radius 3 is 2.22 bits per heavy atom. The first-order valence-electron chi connectivity index (χ1n) is 9.91. The first kappa shape index (κ1) is 20.7. The smallest absolute Gasteiger partial charge is 0.336 e. The van der Waals surface area contributed by atoms with Crippen molar-refractivity contribution in [2.24, 2.45) is 0 Å². The zero-order valence-electron chi connectivity index (χ0n) is 16.6. The van der Waals surface area contributed by atoms with Crippen LogP contribution in [0, 0.1) is 0 Å². The van der Waals surface area contributed by atoms with Gasteiger partial charge in [-0.1, -0.05) is 23.2 Å². The van der Waals surface area contributed by atoms with Crippen LogP contribution in [0.25, 0.3) is 11.0 Å². The predicted octanol–water partition coefficient (Wildman–Crippen LogP) is 3.93. The van der Waals surface area contributed by atoms with Crippen molar-refractivity contribution in [3.05, 3.63) is 78.6 Å².